The lowest BCUT2D eigenvalue weighted by Gasteiger charge is -2.35. The Morgan fingerprint density at radius 2 is 1.93 bits per heavy atom. The number of fused-ring (bicyclic) bond motifs is 1. The van der Waals surface area contributed by atoms with Crippen LogP contribution in [0.5, 0.6) is 0 Å². The van der Waals surface area contributed by atoms with E-state index in [-0.39, 0.29) is 10.9 Å². The van der Waals surface area contributed by atoms with Crippen molar-refractivity contribution in [3.63, 3.8) is 0 Å². The van der Waals surface area contributed by atoms with Gasteiger partial charge in [0.15, 0.2) is 5.82 Å². The molecule has 154 valence electrons. The summed E-state index contributed by atoms with van der Waals surface area (Å²) in [5.74, 6) is 0.194. The summed E-state index contributed by atoms with van der Waals surface area (Å²) in [5.41, 5.74) is -0.794. The molecule has 30 heavy (non-hydrogen) atoms. The van der Waals surface area contributed by atoms with Crippen molar-refractivity contribution in [2.24, 2.45) is 0 Å². The number of nitrogens with one attached hydrogen (secondary N) is 1. The zero-order valence-electron chi connectivity index (χ0n) is 15.9. The van der Waals surface area contributed by atoms with Crippen LogP contribution in [0.15, 0.2) is 41.3 Å². The fourth-order valence-electron chi connectivity index (χ4n) is 3.60. The zero-order valence-corrected chi connectivity index (χ0v) is 15.9. The summed E-state index contributed by atoms with van der Waals surface area (Å²) in [7, 11) is 0. The fourth-order valence-corrected chi connectivity index (χ4v) is 3.60. The van der Waals surface area contributed by atoms with E-state index in [1.54, 1.807) is 24.3 Å². The molecule has 1 saturated heterocycles. The molecule has 4 rings (SSSR count). The van der Waals surface area contributed by atoms with E-state index in [9.17, 15) is 18.0 Å². The number of H-pyrrole nitrogens is 1. The number of benzene rings is 1. The molecule has 0 bridgehead atoms. The number of piperazine rings is 1. The van der Waals surface area contributed by atoms with Crippen LogP contribution in [-0.2, 0) is 6.54 Å². The van der Waals surface area contributed by atoms with Gasteiger partial charge in [0, 0.05) is 49.9 Å². The minimum atomic E-state index is -2.91. The third kappa shape index (κ3) is 3.86. The molecule has 1 fully saturated rings. The van der Waals surface area contributed by atoms with E-state index in [4.69, 9.17) is 5.26 Å². The van der Waals surface area contributed by atoms with Gasteiger partial charge in [0.2, 0.25) is 0 Å². The highest BCUT2D eigenvalue weighted by Gasteiger charge is 2.21. The van der Waals surface area contributed by atoms with Gasteiger partial charge in [-0.2, -0.15) is 5.26 Å². The number of hydrogen-bond donors (Lipinski definition) is 1. The highest BCUT2D eigenvalue weighted by Crippen LogP contribution is 2.24. The third-order valence-electron chi connectivity index (χ3n) is 5.27. The molecule has 0 atom stereocenters. The number of alkyl halides is 2. The molecule has 2 aromatic heterocycles. The standard InChI is InChI=1S/C21H18F3N5O/c22-18-15(3-2-14-9-16(20(23)24)21(30)27-19(14)18)12-28-5-7-29(8-6-28)17-4-1-13(10-25)11-26-17/h1-4,9,11,20H,5-8,12H2,(H,27,30). The SMILES string of the molecule is N#Cc1ccc(N2CCN(Cc3ccc4cc(C(F)F)c(=O)[nH]c4c3F)CC2)nc1. The molecule has 0 unspecified atom stereocenters. The number of anilines is 1. The number of aromatic nitrogens is 2. The van der Waals surface area contributed by atoms with E-state index in [1.165, 1.54) is 6.20 Å². The quantitative estimate of drug-likeness (QED) is 0.711. The van der Waals surface area contributed by atoms with E-state index in [0.717, 1.165) is 11.9 Å². The van der Waals surface area contributed by atoms with Gasteiger partial charge < -0.3 is 9.88 Å². The van der Waals surface area contributed by atoms with E-state index in [2.05, 4.69) is 19.8 Å². The number of nitrogens with zero attached hydrogens (tertiary/aromatic N) is 4. The maximum absolute atomic E-state index is 14.9. The van der Waals surface area contributed by atoms with Crippen molar-refractivity contribution in [3.05, 3.63) is 69.4 Å². The maximum Gasteiger partial charge on any atom is 0.269 e. The molecule has 1 aliphatic heterocycles. The van der Waals surface area contributed by atoms with Gasteiger partial charge in [-0.1, -0.05) is 12.1 Å². The van der Waals surface area contributed by atoms with Gasteiger partial charge in [-0.25, -0.2) is 18.2 Å². The molecule has 0 saturated carbocycles. The van der Waals surface area contributed by atoms with Crippen molar-refractivity contribution in [3.8, 4) is 6.07 Å². The van der Waals surface area contributed by atoms with Crippen molar-refractivity contribution in [1.29, 1.82) is 5.26 Å². The van der Waals surface area contributed by atoms with E-state index in [1.807, 2.05) is 6.07 Å². The average Bonchev–Trinajstić information content (AvgIpc) is 2.76. The van der Waals surface area contributed by atoms with Crippen LogP contribution in [0.3, 0.4) is 0 Å². The topological polar surface area (TPSA) is 76.0 Å². The lowest BCUT2D eigenvalue weighted by Crippen LogP contribution is -2.46. The van der Waals surface area contributed by atoms with Crippen molar-refractivity contribution in [2.45, 2.75) is 13.0 Å². The molecule has 6 nitrogen and oxygen atoms in total. The number of halogens is 3. The molecule has 9 heteroatoms. The highest BCUT2D eigenvalue weighted by molar-refractivity contribution is 5.80. The minimum absolute atomic E-state index is 0.0534. The predicted molar refractivity (Wildman–Crippen MR) is 106 cm³/mol. The molecular weight excluding hydrogens is 395 g/mol. The molecule has 0 radical (unpaired) electrons. The molecule has 0 spiro atoms. The normalized spacial score (nSPS) is 15.0. The summed E-state index contributed by atoms with van der Waals surface area (Å²) in [6.07, 6.45) is -1.38. The number of pyridine rings is 2. The Labute approximate surface area is 170 Å². The van der Waals surface area contributed by atoms with Crippen molar-refractivity contribution in [1.82, 2.24) is 14.9 Å². The van der Waals surface area contributed by atoms with E-state index < -0.39 is 23.4 Å². The third-order valence-corrected chi connectivity index (χ3v) is 5.27. The van der Waals surface area contributed by atoms with Gasteiger partial charge >= 0.3 is 0 Å². The van der Waals surface area contributed by atoms with Gasteiger partial charge in [-0.3, -0.25) is 9.69 Å². The Bertz CT molecular complexity index is 1160. The molecule has 0 aliphatic carbocycles. The molecule has 3 aromatic rings. The monoisotopic (exact) mass is 413 g/mol. The van der Waals surface area contributed by atoms with Crippen molar-refractivity contribution < 1.29 is 13.2 Å². The number of hydrogen-bond acceptors (Lipinski definition) is 5. The summed E-state index contributed by atoms with van der Waals surface area (Å²) in [4.78, 5) is 22.5. The van der Waals surface area contributed by atoms with Crippen LogP contribution in [0, 0.1) is 17.1 Å². The molecule has 1 N–H and O–H groups in total. The van der Waals surface area contributed by atoms with Crippen LogP contribution in [0.2, 0.25) is 0 Å². The molecule has 1 aromatic carbocycles. The van der Waals surface area contributed by atoms with E-state index in [0.29, 0.717) is 43.9 Å². The van der Waals surface area contributed by atoms with Gasteiger partial charge in [0.1, 0.15) is 11.9 Å². The predicted octanol–water partition coefficient (Wildman–Crippen LogP) is 3.19. The summed E-state index contributed by atoms with van der Waals surface area (Å²) < 4.78 is 40.7. The van der Waals surface area contributed by atoms with Crippen molar-refractivity contribution in [2.75, 3.05) is 31.1 Å². The Balaban J connectivity index is 1.47. The largest absolute Gasteiger partial charge is 0.354 e. The van der Waals surface area contributed by atoms with E-state index >= 15 is 0 Å². The molecule has 1 aliphatic rings. The van der Waals surface area contributed by atoms with Gasteiger partial charge in [-0.15, -0.1) is 0 Å². The Morgan fingerprint density at radius 1 is 1.17 bits per heavy atom. The summed E-state index contributed by atoms with van der Waals surface area (Å²) in [6, 6.07) is 9.72. The van der Waals surface area contributed by atoms with Crippen LogP contribution in [0.4, 0.5) is 19.0 Å². The molecule has 0 amide bonds. The number of aromatic amines is 1. The first kappa shape index (κ1) is 19.9. The summed E-state index contributed by atoms with van der Waals surface area (Å²) >= 11 is 0. The first-order valence-corrected chi connectivity index (χ1v) is 9.42. The smallest absolute Gasteiger partial charge is 0.269 e. The maximum atomic E-state index is 14.9. The highest BCUT2D eigenvalue weighted by atomic mass is 19.3. The summed E-state index contributed by atoms with van der Waals surface area (Å²) in [5, 5.41) is 9.10. The lowest BCUT2D eigenvalue weighted by molar-refractivity contribution is 0.150. The van der Waals surface area contributed by atoms with Crippen LogP contribution in [0.25, 0.3) is 10.9 Å². The first-order chi connectivity index (χ1) is 14.5. The summed E-state index contributed by atoms with van der Waals surface area (Å²) in [6.45, 7) is 3.10. The second-order valence-corrected chi connectivity index (χ2v) is 7.14. The Morgan fingerprint density at radius 3 is 2.57 bits per heavy atom. The zero-order chi connectivity index (χ0) is 21.3. The first-order valence-electron chi connectivity index (χ1n) is 9.42. The van der Waals surface area contributed by atoms with Crippen LogP contribution >= 0.6 is 0 Å². The van der Waals surface area contributed by atoms with Crippen LogP contribution < -0.4 is 10.5 Å². The van der Waals surface area contributed by atoms with Gasteiger partial charge in [0.05, 0.1) is 16.6 Å². The van der Waals surface area contributed by atoms with Crippen molar-refractivity contribution >= 4 is 16.7 Å². The Hall–Kier alpha value is -3.38. The van der Waals surface area contributed by atoms with Gasteiger partial charge in [0.25, 0.3) is 12.0 Å². The van der Waals surface area contributed by atoms with Crippen LogP contribution in [-0.4, -0.2) is 41.0 Å². The molecule has 3 heterocycles. The average molecular weight is 413 g/mol. The minimum Gasteiger partial charge on any atom is -0.354 e. The second kappa shape index (κ2) is 8.16. The van der Waals surface area contributed by atoms with Crippen LogP contribution in [0.1, 0.15) is 23.1 Å². The lowest BCUT2D eigenvalue weighted by atomic mass is 10.1. The Kier molecular flexibility index (Phi) is 5.42. The van der Waals surface area contributed by atoms with Gasteiger partial charge in [-0.05, 0) is 18.2 Å². The second-order valence-electron chi connectivity index (χ2n) is 7.14. The molecular formula is C21H18F3N5O. The number of rotatable bonds is 4. The number of nitriles is 1. The fraction of sp³-hybridized carbons (Fsp3) is 0.286.